The topological polar surface area (TPSA) is 29.9 Å². The predicted molar refractivity (Wildman–Crippen MR) is 83.9 cm³/mol. The normalized spacial score (nSPS) is 12.6. The van der Waals surface area contributed by atoms with E-state index in [0.29, 0.717) is 6.04 Å². The Hall–Kier alpha value is -1.61. The van der Waals surface area contributed by atoms with Crippen molar-refractivity contribution in [3.63, 3.8) is 0 Å². The standard InChI is InChI=1S/C17H25N3/c1-5-9-19-16(17-11-18-12-20(17)4)10-15-13(2)7-6-8-14(15)3/h6-8,11-12,16,19H,5,9-10H2,1-4H3. The quantitative estimate of drug-likeness (QED) is 0.873. The first-order chi connectivity index (χ1) is 9.63. The number of aryl methyl sites for hydroxylation is 3. The molecule has 1 unspecified atom stereocenters. The van der Waals surface area contributed by atoms with Crippen molar-refractivity contribution in [2.75, 3.05) is 6.54 Å². The number of aromatic nitrogens is 2. The molecule has 1 aromatic heterocycles. The van der Waals surface area contributed by atoms with Gasteiger partial charge in [0.2, 0.25) is 0 Å². The molecule has 0 aliphatic rings. The maximum Gasteiger partial charge on any atom is 0.0946 e. The van der Waals surface area contributed by atoms with Crippen LogP contribution in [0.15, 0.2) is 30.7 Å². The van der Waals surface area contributed by atoms with Gasteiger partial charge in [0, 0.05) is 13.2 Å². The van der Waals surface area contributed by atoms with Crippen molar-refractivity contribution in [3.8, 4) is 0 Å². The SMILES string of the molecule is CCCNC(Cc1c(C)cccc1C)c1cncn1C. The summed E-state index contributed by atoms with van der Waals surface area (Å²) >= 11 is 0. The molecule has 0 aliphatic heterocycles. The van der Waals surface area contributed by atoms with E-state index in [-0.39, 0.29) is 0 Å². The fraction of sp³-hybridized carbons (Fsp3) is 0.471. The minimum absolute atomic E-state index is 0.322. The van der Waals surface area contributed by atoms with Gasteiger partial charge in [0.1, 0.15) is 0 Å². The highest BCUT2D eigenvalue weighted by molar-refractivity contribution is 5.34. The molecule has 0 saturated carbocycles. The van der Waals surface area contributed by atoms with Crippen LogP contribution in [-0.2, 0) is 13.5 Å². The molecule has 0 aliphatic carbocycles. The molecule has 0 spiro atoms. The van der Waals surface area contributed by atoms with E-state index in [9.17, 15) is 0 Å². The van der Waals surface area contributed by atoms with Crippen molar-refractivity contribution >= 4 is 0 Å². The fourth-order valence-electron chi connectivity index (χ4n) is 2.68. The van der Waals surface area contributed by atoms with Gasteiger partial charge in [-0.2, -0.15) is 0 Å². The molecular formula is C17H25N3. The molecule has 0 amide bonds. The van der Waals surface area contributed by atoms with Gasteiger partial charge in [-0.25, -0.2) is 4.98 Å². The highest BCUT2D eigenvalue weighted by atomic mass is 15.1. The first-order valence-electron chi connectivity index (χ1n) is 7.38. The van der Waals surface area contributed by atoms with Gasteiger partial charge in [-0.15, -0.1) is 0 Å². The maximum absolute atomic E-state index is 4.26. The molecule has 2 rings (SSSR count). The van der Waals surface area contributed by atoms with Crippen molar-refractivity contribution in [1.82, 2.24) is 14.9 Å². The maximum atomic E-state index is 4.26. The number of rotatable bonds is 6. The molecule has 2 aromatic rings. The summed E-state index contributed by atoms with van der Waals surface area (Å²) in [7, 11) is 2.06. The summed E-state index contributed by atoms with van der Waals surface area (Å²) in [5.74, 6) is 0. The third-order valence-electron chi connectivity index (χ3n) is 3.90. The molecule has 0 radical (unpaired) electrons. The third-order valence-corrected chi connectivity index (χ3v) is 3.90. The van der Waals surface area contributed by atoms with Gasteiger partial charge in [-0.1, -0.05) is 25.1 Å². The number of nitrogens with one attached hydrogen (secondary N) is 1. The Morgan fingerprint density at radius 3 is 2.50 bits per heavy atom. The van der Waals surface area contributed by atoms with E-state index in [1.807, 2.05) is 12.5 Å². The number of hydrogen-bond acceptors (Lipinski definition) is 2. The lowest BCUT2D eigenvalue weighted by Crippen LogP contribution is -2.26. The van der Waals surface area contributed by atoms with Gasteiger partial charge in [-0.05, 0) is 49.9 Å². The lowest BCUT2D eigenvalue weighted by molar-refractivity contribution is 0.502. The summed E-state index contributed by atoms with van der Waals surface area (Å²) in [5.41, 5.74) is 5.44. The van der Waals surface area contributed by atoms with Crippen LogP contribution in [0.5, 0.6) is 0 Å². The van der Waals surface area contributed by atoms with E-state index in [4.69, 9.17) is 0 Å². The van der Waals surface area contributed by atoms with Crippen LogP contribution in [0.1, 0.15) is 41.8 Å². The molecule has 0 fully saturated rings. The molecule has 1 heterocycles. The molecule has 1 N–H and O–H groups in total. The minimum atomic E-state index is 0.322. The molecule has 3 heteroatoms. The lowest BCUT2D eigenvalue weighted by atomic mass is 9.95. The number of benzene rings is 1. The van der Waals surface area contributed by atoms with Gasteiger partial charge in [0.05, 0.1) is 18.1 Å². The van der Waals surface area contributed by atoms with Crippen LogP contribution in [0, 0.1) is 13.8 Å². The summed E-state index contributed by atoms with van der Waals surface area (Å²) in [6.07, 6.45) is 6.00. The Kier molecular flexibility index (Phi) is 4.96. The summed E-state index contributed by atoms with van der Waals surface area (Å²) in [6, 6.07) is 6.85. The Bertz CT molecular complexity index is 537. The van der Waals surface area contributed by atoms with Crippen molar-refractivity contribution < 1.29 is 0 Å². The van der Waals surface area contributed by atoms with Crippen molar-refractivity contribution in [3.05, 3.63) is 53.1 Å². The zero-order valence-corrected chi connectivity index (χ0v) is 13.0. The zero-order chi connectivity index (χ0) is 14.5. The van der Waals surface area contributed by atoms with Gasteiger partial charge >= 0.3 is 0 Å². The Balaban J connectivity index is 2.26. The molecule has 108 valence electrons. The first kappa shape index (κ1) is 14.8. The largest absolute Gasteiger partial charge is 0.336 e. The van der Waals surface area contributed by atoms with Crippen molar-refractivity contribution in [2.24, 2.45) is 7.05 Å². The van der Waals surface area contributed by atoms with Gasteiger partial charge < -0.3 is 9.88 Å². The Morgan fingerprint density at radius 1 is 1.25 bits per heavy atom. The van der Waals surface area contributed by atoms with Gasteiger partial charge in [-0.3, -0.25) is 0 Å². The third kappa shape index (κ3) is 3.28. The van der Waals surface area contributed by atoms with Crippen LogP contribution in [0.4, 0.5) is 0 Å². The average molecular weight is 271 g/mol. The zero-order valence-electron chi connectivity index (χ0n) is 13.0. The predicted octanol–water partition coefficient (Wildman–Crippen LogP) is 3.32. The summed E-state index contributed by atoms with van der Waals surface area (Å²) < 4.78 is 2.11. The van der Waals surface area contributed by atoms with E-state index < -0.39 is 0 Å². The Morgan fingerprint density at radius 2 is 1.95 bits per heavy atom. The highest BCUT2D eigenvalue weighted by Gasteiger charge is 2.16. The van der Waals surface area contributed by atoms with Crippen LogP contribution < -0.4 is 5.32 Å². The van der Waals surface area contributed by atoms with Gasteiger partial charge in [0.25, 0.3) is 0 Å². The molecule has 1 aromatic carbocycles. The van der Waals surface area contributed by atoms with Crippen LogP contribution in [0.2, 0.25) is 0 Å². The lowest BCUT2D eigenvalue weighted by Gasteiger charge is -2.21. The number of hydrogen-bond donors (Lipinski definition) is 1. The van der Waals surface area contributed by atoms with Crippen LogP contribution in [0.25, 0.3) is 0 Å². The van der Waals surface area contributed by atoms with E-state index in [1.165, 1.54) is 22.4 Å². The van der Waals surface area contributed by atoms with Gasteiger partial charge in [0.15, 0.2) is 0 Å². The molecule has 1 atom stereocenters. The summed E-state index contributed by atoms with van der Waals surface area (Å²) in [5, 5.41) is 3.65. The van der Waals surface area contributed by atoms with Crippen molar-refractivity contribution in [2.45, 2.75) is 39.7 Å². The number of imidazole rings is 1. The molecule has 0 bridgehead atoms. The Labute approximate surface area is 122 Å². The van der Waals surface area contributed by atoms with Crippen LogP contribution >= 0.6 is 0 Å². The summed E-state index contributed by atoms with van der Waals surface area (Å²) in [4.78, 5) is 4.26. The second-order valence-corrected chi connectivity index (χ2v) is 5.51. The minimum Gasteiger partial charge on any atom is -0.336 e. The second kappa shape index (κ2) is 6.71. The molecule has 20 heavy (non-hydrogen) atoms. The molecule has 0 saturated heterocycles. The smallest absolute Gasteiger partial charge is 0.0946 e. The summed E-state index contributed by atoms with van der Waals surface area (Å²) in [6.45, 7) is 7.62. The fourth-order valence-corrected chi connectivity index (χ4v) is 2.68. The first-order valence-corrected chi connectivity index (χ1v) is 7.38. The van der Waals surface area contributed by atoms with E-state index in [0.717, 1.165) is 19.4 Å². The second-order valence-electron chi connectivity index (χ2n) is 5.51. The van der Waals surface area contributed by atoms with E-state index in [1.54, 1.807) is 0 Å². The van der Waals surface area contributed by atoms with E-state index >= 15 is 0 Å². The van der Waals surface area contributed by atoms with Crippen molar-refractivity contribution in [1.29, 1.82) is 0 Å². The average Bonchev–Trinajstić information content (AvgIpc) is 2.84. The monoisotopic (exact) mass is 271 g/mol. The molecular weight excluding hydrogens is 246 g/mol. The highest BCUT2D eigenvalue weighted by Crippen LogP contribution is 2.22. The van der Waals surface area contributed by atoms with Crippen LogP contribution in [0.3, 0.4) is 0 Å². The number of nitrogens with zero attached hydrogens (tertiary/aromatic N) is 2. The molecule has 3 nitrogen and oxygen atoms in total. The van der Waals surface area contributed by atoms with E-state index in [2.05, 4.69) is 60.9 Å². The van der Waals surface area contributed by atoms with Crippen LogP contribution in [-0.4, -0.2) is 16.1 Å².